The van der Waals surface area contributed by atoms with Crippen LogP contribution in [0.4, 0.5) is 5.69 Å². The van der Waals surface area contributed by atoms with Gasteiger partial charge in [0.05, 0.1) is 13.7 Å². The van der Waals surface area contributed by atoms with Crippen LogP contribution in [0.5, 0.6) is 5.75 Å². The zero-order valence-electron chi connectivity index (χ0n) is 18.3. The fourth-order valence-corrected chi connectivity index (χ4v) is 3.39. The molecule has 0 fully saturated rings. The fraction of sp³-hybridized carbons (Fsp3) is 0.333. The Hall–Kier alpha value is -3.28. The molecule has 1 heterocycles. The molecule has 6 nitrogen and oxygen atoms in total. The lowest BCUT2D eigenvalue weighted by Gasteiger charge is -2.26. The lowest BCUT2D eigenvalue weighted by Crippen LogP contribution is -2.39. The van der Waals surface area contributed by atoms with Crippen molar-refractivity contribution in [3.63, 3.8) is 0 Å². The molecular formula is C24H29N3O3. The topological polar surface area (TPSA) is 56.5 Å². The molecule has 0 N–H and O–H groups in total. The van der Waals surface area contributed by atoms with E-state index >= 15 is 0 Å². The monoisotopic (exact) mass is 407 g/mol. The van der Waals surface area contributed by atoms with Gasteiger partial charge >= 0.3 is 5.69 Å². The summed E-state index contributed by atoms with van der Waals surface area (Å²) in [6, 6.07) is 17.9. The van der Waals surface area contributed by atoms with Crippen LogP contribution in [0.15, 0.2) is 64.2 Å². The minimum atomic E-state index is -0.325. The van der Waals surface area contributed by atoms with E-state index in [2.05, 4.69) is 43.0 Å². The first-order chi connectivity index (χ1) is 14.3. The van der Waals surface area contributed by atoms with Crippen LogP contribution in [0.3, 0.4) is 0 Å². The lowest BCUT2D eigenvalue weighted by molar-refractivity contribution is 0.415. The molecule has 0 amide bonds. The Labute approximate surface area is 177 Å². The molecule has 2 aromatic carbocycles. The van der Waals surface area contributed by atoms with Gasteiger partial charge in [-0.2, -0.15) is 0 Å². The molecule has 0 unspecified atom stereocenters. The van der Waals surface area contributed by atoms with Gasteiger partial charge in [0.25, 0.3) is 5.56 Å². The maximum Gasteiger partial charge on any atom is 0.330 e. The van der Waals surface area contributed by atoms with Crippen molar-refractivity contribution in [3.05, 3.63) is 92.3 Å². The molecule has 6 heteroatoms. The quantitative estimate of drug-likeness (QED) is 0.602. The molecule has 0 saturated carbocycles. The summed E-state index contributed by atoms with van der Waals surface area (Å²) in [5, 5.41) is 0. The normalized spacial score (nSPS) is 11.0. The zero-order valence-corrected chi connectivity index (χ0v) is 18.3. The first kappa shape index (κ1) is 21.4. The van der Waals surface area contributed by atoms with E-state index in [1.807, 2.05) is 24.3 Å². The number of hydrogen-bond acceptors (Lipinski definition) is 4. The number of anilines is 1. The Morgan fingerprint density at radius 1 is 0.900 bits per heavy atom. The van der Waals surface area contributed by atoms with Crippen LogP contribution in [0.1, 0.15) is 36.6 Å². The van der Waals surface area contributed by atoms with Crippen molar-refractivity contribution in [3.8, 4) is 5.75 Å². The van der Waals surface area contributed by atoms with Gasteiger partial charge in [0.2, 0.25) is 0 Å². The molecule has 30 heavy (non-hydrogen) atoms. The van der Waals surface area contributed by atoms with E-state index in [1.165, 1.54) is 23.2 Å². The minimum absolute atomic E-state index is 0.302. The smallest absolute Gasteiger partial charge is 0.330 e. The summed E-state index contributed by atoms with van der Waals surface area (Å²) in [6.07, 6.45) is 0. The Morgan fingerprint density at radius 2 is 1.53 bits per heavy atom. The average molecular weight is 408 g/mol. The molecular weight excluding hydrogens is 378 g/mol. The number of rotatable bonds is 7. The molecule has 0 spiro atoms. The van der Waals surface area contributed by atoms with Gasteiger partial charge in [-0.25, -0.2) is 4.79 Å². The molecule has 158 valence electrons. The Bertz CT molecular complexity index is 1110. The SMILES string of the molecule is COc1ccc(N(Cc2ccc(C(C)C)cc2)Cc2cc(=O)n(C)c(=O)n2C)cc1. The van der Waals surface area contributed by atoms with Crippen LogP contribution in [0.2, 0.25) is 0 Å². The molecule has 3 rings (SSSR count). The molecule has 0 saturated heterocycles. The number of hydrogen-bond donors (Lipinski definition) is 0. The van der Waals surface area contributed by atoms with Crippen molar-refractivity contribution in [2.45, 2.75) is 32.9 Å². The van der Waals surface area contributed by atoms with Crippen molar-refractivity contribution in [1.29, 1.82) is 0 Å². The zero-order chi connectivity index (χ0) is 21.8. The molecule has 0 atom stereocenters. The third-order valence-corrected chi connectivity index (χ3v) is 5.44. The third-order valence-electron chi connectivity index (χ3n) is 5.44. The number of benzene rings is 2. The molecule has 0 aliphatic carbocycles. The van der Waals surface area contributed by atoms with Crippen LogP contribution in [-0.4, -0.2) is 16.2 Å². The van der Waals surface area contributed by atoms with Gasteiger partial charge in [0.1, 0.15) is 5.75 Å². The van der Waals surface area contributed by atoms with Gasteiger partial charge in [-0.3, -0.25) is 13.9 Å². The second-order valence-electron chi connectivity index (χ2n) is 7.82. The Morgan fingerprint density at radius 3 is 2.10 bits per heavy atom. The van der Waals surface area contributed by atoms with Gasteiger partial charge in [-0.05, 0) is 41.3 Å². The van der Waals surface area contributed by atoms with E-state index in [0.29, 0.717) is 24.7 Å². The van der Waals surface area contributed by atoms with Crippen molar-refractivity contribution in [1.82, 2.24) is 9.13 Å². The largest absolute Gasteiger partial charge is 0.497 e. The summed E-state index contributed by atoms with van der Waals surface area (Å²) < 4.78 is 7.92. The fourth-order valence-electron chi connectivity index (χ4n) is 3.39. The molecule has 3 aromatic rings. The highest BCUT2D eigenvalue weighted by Crippen LogP contribution is 2.23. The number of methoxy groups -OCH3 is 1. The molecule has 0 bridgehead atoms. The first-order valence-corrected chi connectivity index (χ1v) is 10.0. The van der Waals surface area contributed by atoms with Crippen LogP contribution >= 0.6 is 0 Å². The Kier molecular flexibility index (Phi) is 6.45. The van der Waals surface area contributed by atoms with Gasteiger partial charge in [-0.1, -0.05) is 38.1 Å². The average Bonchev–Trinajstić information content (AvgIpc) is 2.75. The van der Waals surface area contributed by atoms with Gasteiger partial charge in [0.15, 0.2) is 0 Å². The summed E-state index contributed by atoms with van der Waals surface area (Å²) in [5.41, 5.74) is 3.47. The second-order valence-corrected chi connectivity index (χ2v) is 7.82. The van der Waals surface area contributed by atoms with Crippen LogP contribution in [-0.2, 0) is 27.2 Å². The highest BCUT2D eigenvalue weighted by Gasteiger charge is 2.13. The third kappa shape index (κ3) is 4.64. The molecule has 0 radical (unpaired) electrons. The maximum atomic E-state index is 12.4. The summed E-state index contributed by atoms with van der Waals surface area (Å²) in [5.74, 6) is 1.26. The summed E-state index contributed by atoms with van der Waals surface area (Å²) in [4.78, 5) is 26.7. The summed E-state index contributed by atoms with van der Waals surface area (Å²) in [6.45, 7) is 5.43. The van der Waals surface area contributed by atoms with E-state index in [0.717, 1.165) is 21.6 Å². The van der Waals surface area contributed by atoms with Crippen LogP contribution < -0.4 is 20.9 Å². The molecule has 0 aliphatic heterocycles. The maximum absolute atomic E-state index is 12.4. The molecule has 1 aromatic heterocycles. The summed E-state index contributed by atoms with van der Waals surface area (Å²) in [7, 11) is 4.82. The van der Waals surface area contributed by atoms with E-state index < -0.39 is 0 Å². The van der Waals surface area contributed by atoms with Gasteiger partial charge in [0, 0.05) is 38.1 Å². The summed E-state index contributed by atoms with van der Waals surface area (Å²) >= 11 is 0. The number of aromatic nitrogens is 2. The first-order valence-electron chi connectivity index (χ1n) is 10.0. The predicted octanol–water partition coefficient (Wildman–Crippen LogP) is 3.42. The Balaban J connectivity index is 1.97. The number of nitrogens with zero attached hydrogens (tertiary/aromatic N) is 3. The van der Waals surface area contributed by atoms with E-state index in [1.54, 1.807) is 14.2 Å². The standard InChI is InChI=1S/C24H29N3O3/c1-17(2)19-8-6-18(7-9-19)15-27(20-10-12-22(30-5)13-11-20)16-21-14-23(28)26(4)24(29)25(21)3/h6-14,17H,15-16H2,1-5H3. The van der Waals surface area contributed by atoms with Crippen molar-refractivity contribution < 1.29 is 4.74 Å². The number of ether oxygens (including phenoxy) is 1. The van der Waals surface area contributed by atoms with Gasteiger partial charge < -0.3 is 9.64 Å². The van der Waals surface area contributed by atoms with Gasteiger partial charge in [-0.15, -0.1) is 0 Å². The van der Waals surface area contributed by atoms with Crippen molar-refractivity contribution in [2.75, 3.05) is 12.0 Å². The highest BCUT2D eigenvalue weighted by molar-refractivity contribution is 5.50. The predicted molar refractivity (Wildman–Crippen MR) is 120 cm³/mol. The minimum Gasteiger partial charge on any atom is -0.497 e. The van der Waals surface area contributed by atoms with E-state index in [-0.39, 0.29) is 11.2 Å². The van der Waals surface area contributed by atoms with Crippen molar-refractivity contribution >= 4 is 5.69 Å². The molecule has 0 aliphatic rings. The second kappa shape index (κ2) is 9.03. The van der Waals surface area contributed by atoms with Crippen molar-refractivity contribution in [2.24, 2.45) is 14.1 Å². The highest BCUT2D eigenvalue weighted by atomic mass is 16.5. The van der Waals surface area contributed by atoms with E-state index in [4.69, 9.17) is 4.74 Å². The van der Waals surface area contributed by atoms with Crippen LogP contribution in [0.25, 0.3) is 0 Å². The van der Waals surface area contributed by atoms with Crippen LogP contribution in [0, 0.1) is 0 Å². The lowest BCUT2D eigenvalue weighted by atomic mass is 10.0. The van der Waals surface area contributed by atoms with E-state index in [9.17, 15) is 9.59 Å².